The summed E-state index contributed by atoms with van der Waals surface area (Å²) in [5, 5.41) is 11.5. The van der Waals surface area contributed by atoms with Gasteiger partial charge in [-0.25, -0.2) is 15.0 Å². The number of nitrogen functional groups attached to an aromatic ring is 2. The highest BCUT2D eigenvalue weighted by Gasteiger charge is 2.22. The lowest BCUT2D eigenvalue weighted by molar-refractivity contribution is 0.0996. The van der Waals surface area contributed by atoms with Crippen molar-refractivity contribution in [3.05, 3.63) is 111 Å². The van der Waals surface area contributed by atoms with E-state index in [0.29, 0.717) is 78.3 Å². The summed E-state index contributed by atoms with van der Waals surface area (Å²) in [6.45, 7) is 0.319. The number of anilines is 2. The summed E-state index contributed by atoms with van der Waals surface area (Å²) in [6.07, 6.45) is 6.90. The van der Waals surface area contributed by atoms with E-state index in [1.165, 1.54) is 0 Å². The minimum absolute atomic E-state index is 0.114. The molecule has 0 saturated carbocycles. The number of nitrogens with zero attached hydrogens (tertiary/aromatic N) is 9. The third kappa shape index (κ3) is 5.82. The van der Waals surface area contributed by atoms with Crippen molar-refractivity contribution in [3.8, 4) is 45.3 Å². The molecule has 256 valence electrons. The minimum atomic E-state index is -0.821. The van der Waals surface area contributed by atoms with E-state index < -0.39 is 11.5 Å². The molecule has 0 aliphatic carbocycles. The fraction of sp³-hybridized carbons (Fsp3) is 0.0571. The fourth-order valence-electron chi connectivity index (χ4n) is 5.94. The largest absolute Gasteiger partial charge is 0.382 e. The van der Waals surface area contributed by atoms with Gasteiger partial charge in [-0.2, -0.15) is 10.2 Å². The number of primary amides is 1. The summed E-state index contributed by atoms with van der Waals surface area (Å²) in [5.41, 5.74) is 22.4. The summed E-state index contributed by atoms with van der Waals surface area (Å²) < 4.78 is 3.32. The second-order valence-corrected chi connectivity index (χ2v) is 12.7. The first kappa shape index (κ1) is 32.5. The van der Waals surface area contributed by atoms with Crippen LogP contribution in [0.2, 0.25) is 10.0 Å². The molecule has 0 bridgehead atoms. The quantitative estimate of drug-likeness (QED) is 0.173. The number of aryl methyl sites for hydroxylation is 1. The number of fused-ring (bicyclic) bond motifs is 2. The normalized spacial score (nSPS) is 11.4. The SMILES string of the molecule is Cn1ccc(-c2nc(N)c(C(N)=O)nc2-c2cc(Cl)c3ncc(Cn4ccc(-c5nc(N)c(=O)[nH]c5-c5cc(Cl)c6ncccc6c5)n4)cc3c2)n1. The van der Waals surface area contributed by atoms with Crippen molar-refractivity contribution < 1.29 is 4.79 Å². The van der Waals surface area contributed by atoms with Gasteiger partial charge in [0.25, 0.3) is 11.5 Å². The maximum Gasteiger partial charge on any atom is 0.290 e. The molecule has 0 aliphatic rings. The number of carbonyl (C=O) groups excluding carboxylic acids is 1. The van der Waals surface area contributed by atoms with Crippen molar-refractivity contribution in [2.75, 3.05) is 11.5 Å². The Balaban J connectivity index is 1.17. The zero-order valence-electron chi connectivity index (χ0n) is 27.0. The van der Waals surface area contributed by atoms with Crippen LogP contribution in [0.3, 0.4) is 0 Å². The lowest BCUT2D eigenvalue weighted by Crippen LogP contribution is -2.18. The van der Waals surface area contributed by atoms with Crippen LogP contribution >= 0.6 is 23.2 Å². The van der Waals surface area contributed by atoms with Gasteiger partial charge in [0.1, 0.15) is 22.8 Å². The van der Waals surface area contributed by atoms with Crippen molar-refractivity contribution in [1.29, 1.82) is 0 Å². The minimum Gasteiger partial charge on any atom is -0.382 e. The number of aromatic amines is 1. The number of nitrogens with one attached hydrogen (secondary N) is 1. The molecule has 52 heavy (non-hydrogen) atoms. The molecule has 8 rings (SSSR count). The molecule has 15 nitrogen and oxygen atoms in total. The summed E-state index contributed by atoms with van der Waals surface area (Å²) >= 11 is 13.3. The van der Waals surface area contributed by atoms with Gasteiger partial charge in [0.15, 0.2) is 17.3 Å². The Morgan fingerprint density at radius 1 is 0.808 bits per heavy atom. The third-order valence-corrected chi connectivity index (χ3v) is 8.87. The van der Waals surface area contributed by atoms with Crippen molar-refractivity contribution in [2.24, 2.45) is 12.8 Å². The highest BCUT2D eigenvalue weighted by Crippen LogP contribution is 2.36. The van der Waals surface area contributed by atoms with Gasteiger partial charge >= 0.3 is 0 Å². The van der Waals surface area contributed by atoms with Gasteiger partial charge in [-0.1, -0.05) is 29.3 Å². The maximum absolute atomic E-state index is 12.6. The smallest absolute Gasteiger partial charge is 0.290 e. The average molecular weight is 731 g/mol. The third-order valence-electron chi connectivity index (χ3n) is 8.29. The number of halogens is 2. The van der Waals surface area contributed by atoms with Gasteiger partial charge in [-0.05, 0) is 54.1 Å². The maximum atomic E-state index is 12.6. The van der Waals surface area contributed by atoms with Crippen LogP contribution in [0.1, 0.15) is 16.1 Å². The van der Waals surface area contributed by atoms with Crippen LogP contribution in [-0.2, 0) is 13.6 Å². The molecular formula is C35H25Cl2N13O2. The monoisotopic (exact) mass is 729 g/mol. The Morgan fingerprint density at radius 2 is 1.52 bits per heavy atom. The number of hydrogen-bond donors (Lipinski definition) is 4. The van der Waals surface area contributed by atoms with Gasteiger partial charge in [0.2, 0.25) is 0 Å². The fourth-order valence-corrected chi connectivity index (χ4v) is 6.49. The second-order valence-electron chi connectivity index (χ2n) is 11.9. The van der Waals surface area contributed by atoms with Gasteiger partial charge < -0.3 is 22.2 Å². The van der Waals surface area contributed by atoms with Crippen LogP contribution in [0.4, 0.5) is 11.6 Å². The number of rotatable bonds is 7. The zero-order chi connectivity index (χ0) is 36.3. The standard InChI is InChI=1S/C35H25Cl2N13O2/c1-49-7-4-23(47-49)29-27(43-31(34(40)51)32(38)44-29)20-11-18-9-16(14-42-26(18)22(37)13-20)15-50-8-5-24(48-50)30-28(46-35(52)33(39)45-30)19-10-17-3-2-6-41-25(17)21(36)12-19/h2-14H,15H2,1H3,(H2,38,44)(H2,39,45)(H2,40,51)(H,46,52). The van der Waals surface area contributed by atoms with Gasteiger partial charge in [-0.3, -0.25) is 28.9 Å². The topological polar surface area (TPSA) is 228 Å². The van der Waals surface area contributed by atoms with Crippen molar-refractivity contribution in [1.82, 2.24) is 49.5 Å². The Kier molecular flexibility index (Phi) is 7.85. The molecule has 0 saturated heterocycles. The summed E-state index contributed by atoms with van der Waals surface area (Å²) in [4.78, 5) is 50.0. The number of H-pyrrole nitrogens is 1. The predicted molar refractivity (Wildman–Crippen MR) is 198 cm³/mol. The van der Waals surface area contributed by atoms with Gasteiger partial charge in [0, 0.05) is 53.7 Å². The van der Waals surface area contributed by atoms with E-state index in [9.17, 15) is 9.59 Å². The second kappa shape index (κ2) is 12.6. The van der Waals surface area contributed by atoms with Crippen molar-refractivity contribution in [3.63, 3.8) is 0 Å². The molecule has 0 fully saturated rings. The predicted octanol–water partition coefficient (Wildman–Crippen LogP) is 4.87. The summed E-state index contributed by atoms with van der Waals surface area (Å²) in [5.74, 6) is -1.14. The number of pyridine rings is 2. The van der Waals surface area contributed by atoms with Crippen LogP contribution < -0.4 is 22.8 Å². The molecule has 0 atom stereocenters. The lowest BCUT2D eigenvalue weighted by Gasteiger charge is -2.12. The van der Waals surface area contributed by atoms with E-state index in [4.69, 9.17) is 45.5 Å². The molecule has 6 aromatic heterocycles. The highest BCUT2D eigenvalue weighted by atomic mass is 35.5. The molecule has 0 spiro atoms. The molecule has 1 amide bonds. The number of benzene rings is 2. The van der Waals surface area contributed by atoms with E-state index in [0.717, 1.165) is 10.9 Å². The van der Waals surface area contributed by atoms with E-state index >= 15 is 0 Å². The molecule has 0 unspecified atom stereocenters. The van der Waals surface area contributed by atoms with E-state index in [2.05, 4.69) is 35.0 Å². The Morgan fingerprint density at radius 3 is 2.29 bits per heavy atom. The van der Waals surface area contributed by atoms with E-state index in [1.54, 1.807) is 71.5 Å². The van der Waals surface area contributed by atoms with Crippen LogP contribution in [-0.4, -0.2) is 55.4 Å². The molecule has 17 heteroatoms. The molecule has 7 N–H and O–H groups in total. The van der Waals surface area contributed by atoms with Crippen LogP contribution in [0.15, 0.2) is 84.2 Å². The molecule has 6 heterocycles. The molecular weight excluding hydrogens is 705 g/mol. The van der Waals surface area contributed by atoms with Gasteiger partial charge in [0.05, 0.1) is 39.0 Å². The lowest BCUT2D eigenvalue weighted by atomic mass is 10.0. The first-order valence-electron chi connectivity index (χ1n) is 15.6. The van der Waals surface area contributed by atoms with Crippen molar-refractivity contribution >= 4 is 62.6 Å². The van der Waals surface area contributed by atoms with Crippen molar-refractivity contribution in [2.45, 2.75) is 6.54 Å². The molecule has 2 aromatic carbocycles. The number of aromatic nitrogens is 10. The number of nitrogens with two attached hydrogens (primary N) is 3. The van der Waals surface area contributed by atoms with Gasteiger partial charge in [-0.15, -0.1) is 0 Å². The van der Waals surface area contributed by atoms with Crippen LogP contribution in [0.25, 0.3) is 67.1 Å². The zero-order valence-corrected chi connectivity index (χ0v) is 28.6. The van der Waals surface area contributed by atoms with Crippen LogP contribution in [0.5, 0.6) is 0 Å². The number of carbonyl (C=O) groups is 1. The van der Waals surface area contributed by atoms with Crippen LogP contribution in [0, 0.1) is 0 Å². The first-order chi connectivity index (χ1) is 25.0. The summed E-state index contributed by atoms with van der Waals surface area (Å²) in [6, 6.07) is 16.2. The Hall–Kier alpha value is -6.71. The Bertz CT molecular complexity index is 2810. The molecule has 0 radical (unpaired) electrons. The number of amides is 1. The summed E-state index contributed by atoms with van der Waals surface area (Å²) in [7, 11) is 1.77. The molecule has 0 aliphatic heterocycles. The van der Waals surface area contributed by atoms with E-state index in [-0.39, 0.29) is 17.3 Å². The highest BCUT2D eigenvalue weighted by molar-refractivity contribution is 6.36. The number of hydrogen-bond acceptors (Lipinski definition) is 11. The molecule has 8 aromatic rings. The van der Waals surface area contributed by atoms with E-state index in [1.807, 2.05) is 24.3 Å². The first-order valence-corrected chi connectivity index (χ1v) is 16.3. The average Bonchev–Trinajstić information content (AvgIpc) is 3.77. The Labute approximate surface area is 303 Å².